The Labute approximate surface area is 110 Å². The van der Waals surface area contributed by atoms with Crippen LogP contribution in [0.25, 0.3) is 0 Å². The first kappa shape index (κ1) is 12.6. The monoisotopic (exact) mass is 297 g/mol. The van der Waals surface area contributed by atoms with Crippen LogP contribution in [0.5, 0.6) is 0 Å². The molecule has 1 fully saturated rings. The van der Waals surface area contributed by atoms with Gasteiger partial charge in [0.2, 0.25) is 0 Å². The summed E-state index contributed by atoms with van der Waals surface area (Å²) >= 11 is 3.40. The molecule has 0 saturated carbocycles. The first-order valence-electron chi connectivity index (χ1n) is 5.70. The molecule has 2 rings (SSSR count). The Morgan fingerprint density at radius 2 is 2.12 bits per heavy atom. The lowest BCUT2D eigenvalue weighted by Gasteiger charge is -2.20. The number of hydrogen-bond acceptors (Lipinski definition) is 2. The van der Waals surface area contributed by atoms with Crippen LogP contribution in [0.2, 0.25) is 0 Å². The summed E-state index contributed by atoms with van der Waals surface area (Å²) in [5.74, 6) is -0.684. The molecule has 0 spiro atoms. The van der Waals surface area contributed by atoms with E-state index in [4.69, 9.17) is 5.11 Å². The van der Waals surface area contributed by atoms with E-state index in [1.807, 2.05) is 19.1 Å². The van der Waals surface area contributed by atoms with Gasteiger partial charge >= 0.3 is 5.97 Å². The van der Waals surface area contributed by atoms with Crippen LogP contribution < -0.4 is 0 Å². The minimum absolute atomic E-state index is 0.574. The number of benzene rings is 1. The molecule has 1 saturated heterocycles. The second kappa shape index (κ2) is 4.78. The zero-order valence-corrected chi connectivity index (χ0v) is 11.4. The maximum Gasteiger partial charge on any atom is 0.310 e. The van der Waals surface area contributed by atoms with E-state index in [0.29, 0.717) is 6.54 Å². The van der Waals surface area contributed by atoms with E-state index in [1.54, 1.807) is 0 Å². The van der Waals surface area contributed by atoms with Crippen molar-refractivity contribution in [3.8, 4) is 0 Å². The molecule has 1 unspecified atom stereocenters. The standard InChI is InChI=1S/C13H16BrNO2/c1-13(12(16)17)6-7-15(9-13)8-10-2-4-11(14)5-3-10/h2-5H,6-9H2,1H3,(H,16,17). The lowest BCUT2D eigenvalue weighted by atomic mass is 9.90. The predicted molar refractivity (Wildman–Crippen MR) is 69.8 cm³/mol. The summed E-state index contributed by atoms with van der Waals surface area (Å²) in [7, 11) is 0. The van der Waals surface area contributed by atoms with Crippen molar-refractivity contribution in [3.63, 3.8) is 0 Å². The van der Waals surface area contributed by atoms with Crippen LogP contribution in [0.15, 0.2) is 28.7 Å². The molecule has 1 N–H and O–H groups in total. The number of hydrogen-bond donors (Lipinski definition) is 1. The summed E-state index contributed by atoms with van der Waals surface area (Å²) in [6.45, 7) is 4.16. The highest BCUT2D eigenvalue weighted by atomic mass is 79.9. The van der Waals surface area contributed by atoms with Gasteiger partial charge in [0.1, 0.15) is 0 Å². The molecule has 1 aliphatic rings. The number of carbonyl (C=O) groups is 1. The maximum absolute atomic E-state index is 11.1. The molecular formula is C13H16BrNO2. The van der Waals surface area contributed by atoms with Crippen molar-refractivity contribution in [2.24, 2.45) is 5.41 Å². The Hall–Kier alpha value is -0.870. The molecule has 0 radical (unpaired) electrons. The molecule has 0 amide bonds. The lowest BCUT2D eigenvalue weighted by molar-refractivity contribution is -0.147. The highest BCUT2D eigenvalue weighted by Gasteiger charge is 2.40. The molecule has 0 aliphatic carbocycles. The minimum Gasteiger partial charge on any atom is -0.481 e. The third-order valence-electron chi connectivity index (χ3n) is 3.39. The van der Waals surface area contributed by atoms with Crippen LogP contribution in [0.1, 0.15) is 18.9 Å². The number of likely N-dealkylation sites (tertiary alicyclic amines) is 1. The van der Waals surface area contributed by atoms with Crippen molar-refractivity contribution < 1.29 is 9.90 Å². The Bertz CT molecular complexity index is 418. The van der Waals surface area contributed by atoms with Crippen molar-refractivity contribution in [1.29, 1.82) is 0 Å². The zero-order chi connectivity index (χ0) is 12.5. The van der Waals surface area contributed by atoms with E-state index < -0.39 is 11.4 Å². The van der Waals surface area contributed by atoms with E-state index in [-0.39, 0.29) is 0 Å². The average molecular weight is 298 g/mol. The topological polar surface area (TPSA) is 40.5 Å². The van der Waals surface area contributed by atoms with Gasteiger partial charge in [-0.25, -0.2) is 0 Å². The number of halogens is 1. The molecule has 1 aromatic rings. The summed E-state index contributed by atoms with van der Waals surface area (Å²) in [6, 6.07) is 8.17. The van der Waals surface area contributed by atoms with Gasteiger partial charge in [-0.15, -0.1) is 0 Å². The second-order valence-electron chi connectivity index (χ2n) is 4.95. The van der Waals surface area contributed by atoms with Crippen molar-refractivity contribution in [3.05, 3.63) is 34.3 Å². The Morgan fingerprint density at radius 1 is 1.47 bits per heavy atom. The fraction of sp³-hybridized carbons (Fsp3) is 0.462. The third-order valence-corrected chi connectivity index (χ3v) is 3.92. The molecular weight excluding hydrogens is 282 g/mol. The van der Waals surface area contributed by atoms with Gasteiger partial charge in [-0.1, -0.05) is 28.1 Å². The van der Waals surface area contributed by atoms with Crippen molar-refractivity contribution >= 4 is 21.9 Å². The van der Waals surface area contributed by atoms with Gasteiger partial charge in [0, 0.05) is 17.6 Å². The SMILES string of the molecule is CC1(C(=O)O)CCN(Cc2ccc(Br)cc2)C1. The molecule has 3 nitrogen and oxygen atoms in total. The number of nitrogens with zero attached hydrogens (tertiary/aromatic N) is 1. The van der Waals surface area contributed by atoms with Crippen molar-refractivity contribution in [2.45, 2.75) is 19.9 Å². The minimum atomic E-state index is -0.684. The van der Waals surface area contributed by atoms with Gasteiger partial charge in [0.15, 0.2) is 0 Å². The Morgan fingerprint density at radius 3 is 2.65 bits per heavy atom. The van der Waals surface area contributed by atoms with E-state index in [9.17, 15) is 4.79 Å². The number of carboxylic acid groups (broad SMARTS) is 1. The number of carboxylic acids is 1. The van der Waals surface area contributed by atoms with Crippen molar-refractivity contribution in [1.82, 2.24) is 4.90 Å². The summed E-state index contributed by atoms with van der Waals surface area (Å²) < 4.78 is 1.07. The highest BCUT2D eigenvalue weighted by Crippen LogP contribution is 2.31. The molecule has 92 valence electrons. The van der Waals surface area contributed by atoms with Crippen LogP contribution in [0.3, 0.4) is 0 Å². The lowest BCUT2D eigenvalue weighted by Crippen LogP contribution is -2.31. The number of aliphatic carboxylic acids is 1. The van der Waals surface area contributed by atoms with Crippen LogP contribution in [0.4, 0.5) is 0 Å². The highest BCUT2D eigenvalue weighted by molar-refractivity contribution is 9.10. The van der Waals surface area contributed by atoms with E-state index in [2.05, 4.69) is 33.0 Å². The maximum atomic E-state index is 11.1. The summed E-state index contributed by atoms with van der Waals surface area (Å²) in [5.41, 5.74) is 0.651. The van der Waals surface area contributed by atoms with E-state index >= 15 is 0 Å². The third kappa shape index (κ3) is 2.87. The molecule has 17 heavy (non-hydrogen) atoms. The first-order chi connectivity index (χ1) is 7.99. The zero-order valence-electron chi connectivity index (χ0n) is 9.82. The second-order valence-corrected chi connectivity index (χ2v) is 5.87. The first-order valence-corrected chi connectivity index (χ1v) is 6.49. The molecule has 0 aromatic heterocycles. The molecule has 1 atom stereocenters. The summed E-state index contributed by atoms with van der Waals surface area (Å²) in [4.78, 5) is 13.3. The molecule has 1 aliphatic heterocycles. The quantitative estimate of drug-likeness (QED) is 0.933. The predicted octanol–water partition coefficient (Wildman–Crippen LogP) is 2.75. The van der Waals surface area contributed by atoms with Gasteiger partial charge < -0.3 is 5.11 Å². The van der Waals surface area contributed by atoms with Crippen LogP contribution >= 0.6 is 15.9 Å². The molecule has 1 heterocycles. The molecule has 1 aromatic carbocycles. The smallest absolute Gasteiger partial charge is 0.310 e. The van der Waals surface area contributed by atoms with Gasteiger partial charge in [-0.2, -0.15) is 0 Å². The van der Waals surface area contributed by atoms with Gasteiger partial charge in [0.25, 0.3) is 0 Å². The summed E-state index contributed by atoms with van der Waals surface area (Å²) in [6.07, 6.45) is 0.735. The summed E-state index contributed by atoms with van der Waals surface area (Å²) in [5, 5.41) is 9.16. The van der Waals surface area contributed by atoms with Crippen LogP contribution in [-0.4, -0.2) is 29.1 Å². The van der Waals surface area contributed by atoms with Gasteiger partial charge in [-0.3, -0.25) is 9.69 Å². The van der Waals surface area contributed by atoms with Crippen LogP contribution in [0, 0.1) is 5.41 Å². The average Bonchev–Trinajstić information content (AvgIpc) is 2.65. The number of rotatable bonds is 3. The van der Waals surface area contributed by atoms with Gasteiger partial charge in [0.05, 0.1) is 5.41 Å². The van der Waals surface area contributed by atoms with Gasteiger partial charge in [-0.05, 0) is 37.6 Å². The fourth-order valence-corrected chi connectivity index (χ4v) is 2.48. The molecule has 4 heteroatoms. The Balaban J connectivity index is 1.98. The van der Waals surface area contributed by atoms with E-state index in [1.165, 1.54) is 5.56 Å². The van der Waals surface area contributed by atoms with Crippen LogP contribution in [-0.2, 0) is 11.3 Å². The molecule has 0 bridgehead atoms. The van der Waals surface area contributed by atoms with Crippen molar-refractivity contribution in [2.75, 3.05) is 13.1 Å². The Kier molecular flexibility index (Phi) is 3.54. The normalized spacial score (nSPS) is 25.1. The largest absolute Gasteiger partial charge is 0.481 e. The fourth-order valence-electron chi connectivity index (χ4n) is 2.21. The van der Waals surface area contributed by atoms with E-state index in [0.717, 1.165) is 24.0 Å².